The van der Waals surface area contributed by atoms with Gasteiger partial charge in [0, 0.05) is 23.7 Å². The summed E-state index contributed by atoms with van der Waals surface area (Å²) in [5, 5.41) is 13.6. The zero-order valence-corrected chi connectivity index (χ0v) is 13.7. The van der Waals surface area contributed by atoms with Crippen molar-refractivity contribution in [2.45, 2.75) is 95.8 Å². The smallest absolute Gasteiger partial charge is 0.0613 e. The first-order chi connectivity index (χ1) is 9.60. The van der Waals surface area contributed by atoms with Crippen LogP contribution >= 0.6 is 0 Å². The lowest BCUT2D eigenvalue weighted by Crippen LogP contribution is -2.58. The standard InChI is InChI=1S/C17H34N2O/c1-4-19(15-8-5-6-9-15)16-10-7-11-17(12-16,13-20)18-14(2)3/h14-16,18,20H,4-13H2,1-3H3. The Kier molecular flexibility index (Phi) is 5.88. The van der Waals surface area contributed by atoms with Crippen molar-refractivity contribution in [3.8, 4) is 0 Å². The maximum Gasteiger partial charge on any atom is 0.0613 e. The molecule has 20 heavy (non-hydrogen) atoms. The molecule has 2 saturated carbocycles. The van der Waals surface area contributed by atoms with E-state index in [9.17, 15) is 5.11 Å². The molecule has 0 aromatic rings. The van der Waals surface area contributed by atoms with E-state index in [1.807, 2.05) is 0 Å². The molecule has 2 atom stereocenters. The minimum atomic E-state index is -0.0386. The lowest BCUT2D eigenvalue weighted by molar-refractivity contribution is 0.0382. The van der Waals surface area contributed by atoms with Crippen LogP contribution in [0.3, 0.4) is 0 Å². The zero-order chi connectivity index (χ0) is 14.6. The molecule has 2 rings (SSSR count). The third-order valence-electron chi connectivity index (χ3n) is 5.34. The van der Waals surface area contributed by atoms with Gasteiger partial charge < -0.3 is 10.4 Å². The number of aliphatic hydroxyl groups is 1. The van der Waals surface area contributed by atoms with Gasteiger partial charge in [-0.3, -0.25) is 4.90 Å². The van der Waals surface area contributed by atoms with E-state index >= 15 is 0 Å². The van der Waals surface area contributed by atoms with Gasteiger partial charge in [-0.25, -0.2) is 0 Å². The van der Waals surface area contributed by atoms with Crippen molar-refractivity contribution in [3.05, 3.63) is 0 Å². The summed E-state index contributed by atoms with van der Waals surface area (Å²) in [5.74, 6) is 0. The Morgan fingerprint density at radius 2 is 1.80 bits per heavy atom. The lowest BCUT2D eigenvalue weighted by atomic mass is 9.78. The van der Waals surface area contributed by atoms with Crippen molar-refractivity contribution < 1.29 is 5.11 Å². The SMILES string of the molecule is CCN(C1CCCC1)C1CCCC(CO)(NC(C)C)C1. The highest BCUT2D eigenvalue weighted by molar-refractivity contribution is 4.98. The van der Waals surface area contributed by atoms with Gasteiger partial charge in [0.2, 0.25) is 0 Å². The van der Waals surface area contributed by atoms with Crippen LogP contribution in [0.4, 0.5) is 0 Å². The summed E-state index contributed by atoms with van der Waals surface area (Å²) >= 11 is 0. The molecular weight excluding hydrogens is 248 g/mol. The fraction of sp³-hybridized carbons (Fsp3) is 1.00. The third-order valence-corrected chi connectivity index (χ3v) is 5.34. The Morgan fingerprint density at radius 3 is 2.35 bits per heavy atom. The molecule has 3 heteroatoms. The van der Waals surface area contributed by atoms with Crippen molar-refractivity contribution >= 4 is 0 Å². The van der Waals surface area contributed by atoms with Crippen LogP contribution in [0.15, 0.2) is 0 Å². The van der Waals surface area contributed by atoms with Gasteiger partial charge in [0.05, 0.1) is 6.61 Å². The van der Waals surface area contributed by atoms with Crippen LogP contribution in [0.2, 0.25) is 0 Å². The molecule has 0 saturated heterocycles. The molecule has 118 valence electrons. The average molecular weight is 282 g/mol. The number of hydrogen-bond donors (Lipinski definition) is 2. The summed E-state index contributed by atoms with van der Waals surface area (Å²) in [6.45, 7) is 8.14. The molecule has 0 spiro atoms. The molecule has 0 aliphatic heterocycles. The van der Waals surface area contributed by atoms with Crippen molar-refractivity contribution in [1.82, 2.24) is 10.2 Å². The Morgan fingerprint density at radius 1 is 1.15 bits per heavy atom. The largest absolute Gasteiger partial charge is 0.394 e. The summed E-state index contributed by atoms with van der Waals surface area (Å²) in [6, 6.07) is 1.91. The maximum absolute atomic E-state index is 9.95. The van der Waals surface area contributed by atoms with Crippen LogP contribution in [0.1, 0.15) is 72.1 Å². The van der Waals surface area contributed by atoms with E-state index < -0.39 is 0 Å². The fourth-order valence-electron chi connectivity index (χ4n) is 4.60. The van der Waals surface area contributed by atoms with E-state index in [4.69, 9.17) is 0 Å². The topological polar surface area (TPSA) is 35.5 Å². The van der Waals surface area contributed by atoms with Crippen LogP contribution in [0.5, 0.6) is 0 Å². The molecule has 0 aromatic heterocycles. The minimum Gasteiger partial charge on any atom is -0.394 e. The van der Waals surface area contributed by atoms with Gasteiger partial charge in [-0.2, -0.15) is 0 Å². The van der Waals surface area contributed by atoms with Crippen LogP contribution in [-0.4, -0.2) is 46.8 Å². The number of nitrogens with zero attached hydrogens (tertiary/aromatic N) is 1. The second kappa shape index (κ2) is 7.24. The highest BCUT2D eigenvalue weighted by atomic mass is 16.3. The van der Waals surface area contributed by atoms with Crippen LogP contribution in [0, 0.1) is 0 Å². The monoisotopic (exact) mass is 282 g/mol. The van der Waals surface area contributed by atoms with Crippen LogP contribution in [-0.2, 0) is 0 Å². The molecule has 0 heterocycles. The fourth-order valence-corrected chi connectivity index (χ4v) is 4.60. The summed E-state index contributed by atoms with van der Waals surface area (Å²) < 4.78 is 0. The van der Waals surface area contributed by atoms with E-state index in [1.54, 1.807) is 0 Å². The first kappa shape index (κ1) is 16.3. The zero-order valence-electron chi connectivity index (χ0n) is 13.7. The molecule has 2 N–H and O–H groups in total. The highest BCUT2D eigenvalue weighted by Gasteiger charge is 2.39. The van der Waals surface area contributed by atoms with Crippen molar-refractivity contribution in [1.29, 1.82) is 0 Å². The van der Waals surface area contributed by atoms with Crippen LogP contribution in [0.25, 0.3) is 0 Å². The second-order valence-corrected chi connectivity index (χ2v) is 7.26. The molecule has 2 fully saturated rings. The predicted octanol–water partition coefficient (Wildman–Crippen LogP) is 2.92. The molecule has 2 unspecified atom stereocenters. The quantitative estimate of drug-likeness (QED) is 0.786. The molecule has 0 amide bonds. The second-order valence-electron chi connectivity index (χ2n) is 7.26. The average Bonchev–Trinajstić information content (AvgIpc) is 2.93. The van der Waals surface area contributed by atoms with E-state index in [0.717, 1.165) is 18.9 Å². The van der Waals surface area contributed by atoms with Gasteiger partial charge in [-0.15, -0.1) is 0 Å². The third kappa shape index (κ3) is 3.75. The minimum absolute atomic E-state index is 0.0386. The van der Waals surface area contributed by atoms with E-state index in [1.165, 1.54) is 45.1 Å². The Labute approximate surface area is 125 Å². The molecule has 0 radical (unpaired) electrons. The number of rotatable bonds is 6. The van der Waals surface area contributed by atoms with Gasteiger partial charge >= 0.3 is 0 Å². The Balaban J connectivity index is 2.03. The molecule has 2 aliphatic rings. The lowest BCUT2D eigenvalue weighted by Gasteiger charge is -2.47. The maximum atomic E-state index is 9.95. The Hall–Kier alpha value is -0.120. The van der Waals surface area contributed by atoms with Gasteiger partial charge in [0.15, 0.2) is 0 Å². The molecular formula is C17H34N2O. The van der Waals surface area contributed by atoms with Gasteiger partial charge in [-0.05, 0) is 45.1 Å². The van der Waals surface area contributed by atoms with Crippen molar-refractivity contribution in [2.24, 2.45) is 0 Å². The van der Waals surface area contributed by atoms with Gasteiger partial charge in [-0.1, -0.05) is 33.6 Å². The Bertz CT molecular complexity index is 289. The summed E-state index contributed by atoms with van der Waals surface area (Å²) in [7, 11) is 0. The molecule has 0 bridgehead atoms. The van der Waals surface area contributed by atoms with Crippen LogP contribution < -0.4 is 5.32 Å². The summed E-state index contributed by atoms with van der Waals surface area (Å²) in [6.07, 6.45) is 10.4. The number of hydrogen-bond acceptors (Lipinski definition) is 3. The molecule has 3 nitrogen and oxygen atoms in total. The van der Waals surface area contributed by atoms with Crippen molar-refractivity contribution in [2.75, 3.05) is 13.2 Å². The van der Waals surface area contributed by atoms with Gasteiger partial charge in [0.25, 0.3) is 0 Å². The van der Waals surface area contributed by atoms with Gasteiger partial charge in [0.1, 0.15) is 0 Å². The highest BCUT2D eigenvalue weighted by Crippen LogP contribution is 2.35. The predicted molar refractivity (Wildman–Crippen MR) is 85.0 cm³/mol. The van der Waals surface area contributed by atoms with E-state index in [-0.39, 0.29) is 12.1 Å². The van der Waals surface area contributed by atoms with Crippen molar-refractivity contribution in [3.63, 3.8) is 0 Å². The van der Waals surface area contributed by atoms with E-state index in [2.05, 4.69) is 31.0 Å². The molecule has 2 aliphatic carbocycles. The summed E-state index contributed by atoms with van der Waals surface area (Å²) in [4.78, 5) is 2.75. The number of aliphatic hydroxyl groups excluding tert-OH is 1. The first-order valence-corrected chi connectivity index (χ1v) is 8.74. The molecule has 0 aromatic carbocycles. The van der Waals surface area contributed by atoms with E-state index in [0.29, 0.717) is 12.1 Å². The normalized spacial score (nSPS) is 32.4. The first-order valence-electron chi connectivity index (χ1n) is 8.74. The summed E-state index contributed by atoms with van der Waals surface area (Å²) in [5.41, 5.74) is -0.0386. The number of nitrogens with one attached hydrogen (secondary N) is 1.